The van der Waals surface area contributed by atoms with Crippen molar-refractivity contribution in [2.24, 2.45) is 17.8 Å². The number of nitrogens with zero attached hydrogens (tertiary/aromatic N) is 2. The Kier molecular flexibility index (Phi) is 9.34. The molecule has 0 saturated carbocycles. The first-order valence-electron chi connectivity index (χ1n) is 14.9. The molecule has 2 heterocycles. The van der Waals surface area contributed by atoms with Crippen LogP contribution in [-0.2, 0) is 14.0 Å². The van der Waals surface area contributed by atoms with E-state index in [-0.39, 0.29) is 35.3 Å². The molecule has 43 heavy (non-hydrogen) atoms. The van der Waals surface area contributed by atoms with Crippen LogP contribution in [0, 0.1) is 17.8 Å². The van der Waals surface area contributed by atoms with Gasteiger partial charge in [-0.1, -0.05) is 84.0 Å². The van der Waals surface area contributed by atoms with E-state index in [1.54, 1.807) is 54.6 Å². The number of rotatable bonds is 10. The Bertz CT molecular complexity index is 1340. The van der Waals surface area contributed by atoms with Crippen LogP contribution in [0.15, 0.2) is 54.6 Å². The molecule has 0 unspecified atom stereocenters. The molecule has 1 saturated heterocycles. The van der Waals surface area contributed by atoms with Crippen LogP contribution in [0.2, 0.25) is 18.1 Å². The Balaban J connectivity index is 1.87. The van der Waals surface area contributed by atoms with Crippen molar-refractivity contribution in [2.45, 2.75) is 77.9 Å². The predicted octanol–water partition coefficient (Wildman–Crippen LogP) is 5.66. The number of imide groups is 2. The van der Waals surface area contributed by atoms with E-state index in [1.807, 2.05) is 20.8 Å². The molecule has 4 rings (SSSR count). The molecular formula is C33H44N2O7Si. The van der Waals surface area contributed by atoms with Crippen LogP contribution in [0.5, 0.6) is 0 Å². The number of carbonyl (C=O) groups excluding carboxylic acids is 4. The normalized spacial score (nSPS) is 20.2. The van der Waals surface area contributed by atoms with Gasteiger partial charge in [-0.15, -0.1) is 0 Å². The zero-order valence-corrected chi connectivity index (χ0v) is 27.4. The number of amides is 4. The highest BCUT2D eigenvalue weighted by Gasteiger charge is 2.53. The first kappa shape index (κ1) is 32.6. The summed E-state index contributed by atoms with van der Waals surface area (Å²) in [7, 11) is -2.29. The molecule has 2 aromatic carbocycles. The monoisotopic (exact) mass is 608 g/mol. The Morgan fingerprint density at radius 1 is 0.977 bits per heavy atom. The van der Waals surface area contributed by atoms with Crippen molar-refractivity contribution in [1.29, 1.82) is 0 Å². The number of aliphatic hydroxyl groups is 1. The summed E-state index contributed by atoms with van der Waals surface area (Å²) in [5.74, 6) is -3.88. The van der Waals surface area contributed by atoms with Crippen molar-refractivity contribution in [3.8, 4) is 0 Å². The summed E-state index contributed by atoms with van der Waals surface area (Å²) in [5, 5.41) is 11.9. The minimum atomic E-state index is -2.29. The Morgan fingerprint density at radius 2 is 1.51 bits per heavy atom. The third kappa shape index (κ3) is 6.18. The average molecular weight is 609 g/mol. The Hall–Kier alpha value is -3.34. The van der Waals surface area contributed by atoms with Gasteiger partial charge in [-0.2, -0.15) is 0 Å². The SMILES string of the molecule is CC(C)[C@H]1COC(=O)N1C(=O)[C@@H]([C@H]([C@@H](C)CO[Si](C)(C)C(C)(C)C)N1C(=O)c2ccccc2C1=O)[C@H](O)c1ccccc1. The van der Waals surface area contributed by atoms with Gasteiger partial charge in [0.1, 0.15) is 6.61 Å². The van der Waals surface area contributed by atoms with Gasteiger partial charge in [0.25, 0.3) is 11.8 Å². The quantitative estimate of drug-likeness (QED) is 0.273. The van der Waals surface area contributed by atoms with Gasteiger partial charge >= 0.3 is 6.09 Å². The van der Waals surface area contributed by atoms with E-state index in [0.29, 0.717) is 5.56 Å². The van der Waals surface area contributed by atoms with Crippen molar-refractivity contribution < 1.29 is 33.4 Å². The van der Waals surface area contributed by atoms with Gasteiger partial charge < -0.3 is 14.3 Å². The first-order valence-corrected chi connectivity index (χ1v) is 17.8. The summed E-state index contributed by atoms with van der Waals surface area (Å²) in [6.07, 6.45) is -2.25. The van der Waals surface area contributed by atoms with Crippen LogP contribution in [0.4, 0.5) is 4.79 Å². The molecule has 5 atom stereocenters. The number of ether oxygens (including phenoxy) is 1. The third-order valence-corrected chi connectivity index (χ3v) is 13.8. The van der Waals surface area contributed by atoms with Gasteiger partial charge in [0.15, 0.2) is 8.32 Å². The Morgan fingerprint density at radius 3 is 2.02 bits per heavy atom. The zero-order valence-electron chi connectivity index (χ0n) is 26.4. The average Bonchev–Trinajstić information content (AvgIpc) is 3.47. The molecule has 2 aromatic rings. The largest absolute Gasteiger partial charge is 0.447 e. The van der Waals surface area contributed by atoms with Gasteiger partial charge in [0.05, 0.1) is 35.2 Å². The maximum Gasteiger partial charge on any atom is 0.416 e. The van der Waals surface area contributed by atoms with Crippen molar-refractivity contribution in [1.82, 2.24) is 9.80 Å². The molecule has 2 aliphatic rings. The van der Waals surface area contributed by atoms with E-state index in [9.17, 15) is 24.3 Å². The van der Waals surface area contributed by atoms with E-state index in [4.69, 9.17) is 9.16 Å². The number of hydrogen-bond acceptors (Lipinski definition) is 7. The van der Waals surface area contributed by atoms with E-state index in [2.05, 4.69) is 33.9 Å². The fourth-order valence-electron chi connectivity index (χ4n) is 5.57. The minimum absolute atomic E-state index is 0.0259. The third-order valence-electron chi connectivity index (χ3n) is 9.27. The van der Waals surface area contributed by atoms with Crippen LogP contribution in [0.25, 0.3) is 0 Å². The molecule has 0 bridgehead atoms. The maximum absolute atomic E-state index is 14.6. The molecular weight excluding hydrogens is 564 g/mol. The fraction of sp³-hybridized carbons (Fsp3) is 0.515. The number of hydrogen-bond donors (Lipinski definition) is 1. The molecule has 1 fully saturated rings. The number of aliphatic hydroxyl groups excluding tert-OH is 1. The summed E-state index contributed by atoms with van der Waals surface area (Å²) in [5.41, 5.74) is 0.890. The summed E-state index contributed by atoms with van der Waals surface area (Å²) in [6, 6.07) is 13.5. The lowest BCUT2D eigenvalue weighted by Crippen LogP contribution is -2.57. The topological polar surface area (TPSA) is 113 Å². The molecule has 9 nitrogen and oxygen atoms in total. The summed E-state index contributed by atoms with van der Waals surface area (Å²) >= 11 is 0. The molecule has 4 amide bonds. The summed E-state index contributed by atoms with van der Waals surface area (Å²) < 4.78 is 11.9. The predicted molar refractivity (Wildman–Crippen MR) is 165 cm³/mol. The second-order valence-corrected chi connectivity index (χ2v) is 18.4. The number of carbonyl (C=O) groups is 4. The fourth-order valence-corrected chi connectivity index (χ4v) is 6.68. The van der Waals surface area contributed by atoms with Gasteiger partial charge in [0.2, 0.25) is 5.91 Å². The summed E-state index contributed by atoms with van der Waals surface area (Å²) in [4.78, 5) is 57.7. The highest BCUT2D eigenvalue weighted by molar-refractivity contribution is 6.74. The number of fused-ring (bicyclic) bond motifs is 1. The molecule has 232 valence electrons. The van der Waals surface area contributed by atoms with Gasteiger partial charge in [0, 0.05) is 12.5 Å². The number of benzene rings is 2. The van der Waals surface area contributed by atoms with Crippen molar-refractivity contribution in [3.63, 3.8) is 0 Å². The molecule has 0 radical (unpaired) electrons. The van der Waals surface area contributed by atoms with Gasteiger partial charge in [-0.05, 0) is 41.7 Å². The highest BCUT2D eigenvalue weighted by atomic mass is 28.4. The van der Waals surface area contributed by atoms with Crippen LogP contribution >= 0.6 is 0 Å². The van der Waals surface area contributed by atoms with Crippen LogP contribution in [0.3, 0.4) is 0 Å². The van der Waals surface area contributed by atoms with Crippen LogP contribution < -0.4 is 0 Å². The van der Waals surface area contributed by atoms with E-state index >= 15 is 0 Å². The second-order valence-electron chi connectivity index (χ2n) is 13.5. The number of cyclic esters (lactones) is 1. The first-order chi connectivity index (χ1) is 20.1. The van der Waals surface area contributed by atoms with Crippen molar-refractivity contribution in [2.75, 3.05) is 13.2 Å². The standard InChI is InChI=1S/C33H44N2O7Si/c1-20(2)25-19-41-32(40)34(25)31(39)26(28(36)22-14-10-9-11-15-22)27(21(3)18-42-43(7,8)33(4,5)6)35-29(37)23-16-12-13-17-24(23)30(35)38/h9-17,20-21,25-28,36H,18-19H2,1-8H3/t21-,25+,26-,27-,28+/m0/s1. The molecule has 0 spiro atoms. The van der Waals surface area contributed by atoms with Crippen LogP contribution in [-0.4, -0.2) is 72.3 Å². The summed E-state index contributed by atoms with van der Waals surface area (Å²) in [6.45, 7) is 16.3. The molecule has 10 heteroatoms. The maximum atomic E-state index is 14.6. The molecule has 2 aliphatic heterocycles. The smallest absolute Gasteiger partial charge is 0.416 e. The lowest BCUT2D eigenvalue weighted by molar-refractivity contribution is -0.141. The Labute approximate surface area is 255 Å². The highest BCUT2D eigenvalue weighted by Crippen LogP contribution is 2.41. The van der Waals surface area contributed by atoms with Crippen molar-refractivity contribution >= 4 is 32.1 Å². The van der Waals surface area contributed by atoms with Crippen LogP contribution in [0.1, 0.15) is 73.9 Å². The lowest BCUT2D eigenvalue weighted by atomic mass is 9.80. The van der Waals surface area contributed by atoms with Gasteiger partial charge in [-0.3, -0.25) is 19.3 Å². The van der Waals surface area contributed by atoms with Crippen molar-refractivity contribution in [3.05, 3.63) is 71.3 Å². The second kappa shape index (κ2) is 12.3. The van der Waals surface area contributed by atoms with E-state index in [0.717, 1.165) is 9.80 Å². The van der Waals surface area contributed by atoms with E-state index in [1.165, 1.54) is 0 Å². The molecule has 0 aliphatic carbocycles. The van der Waals surface area contributed by atoms with E-state index < -0.39 is 62.2 Å². The lowest BCUT2D eigenvalue weighted by Gasteiger charge is -2.42. The molecule has 1 N–H and O–H groups in total. The molecule has 0 aromatic heterocycles. The zero-order chi connectivity index (χ0) is 31.9. The van der Waals surface area contributed by atoms with Gasteiger partial charge in [-0.25, -0.2) is 9.69 Å². The minimum Gasteiger partial charge on any atom is -0.447 e.